The number of nitrogens with zero attached hydrogens (tertiary/aromatic N) is 4. The lowest BCUT2D eigenvalue weighted by molar-refractivity contribution is 0.836. The molecule has 4 rings (SSSR count). The van der Waals surface area contributed by atoms with Crippen LogP contribution in [0.5, 0.6) is 0 Å². The highest BCUT2D eigenvalue weighted by atomic mass is 32.1. The molecule has 0 fully saturated rings. The summed E-state index contributed by atoms with van der Waals surface area (Å²) in [5, 5.41) is 30.5. The van der Waals surface area contributed by atoms with Gasteiger partial charge in [-0.2, -0.15) is 14.9 Å². The minimum Gasteiger partial charge on any atom is -0.351 e. The zero-order valence-corrected chi connectivity index (χ0v) is 18.5. The highest BCUT2D eigenvalue weighted by Gasteiger charge is 2.23. The fraction of sp³-hybridized carbons (Fsp3) is 0.250. The molecule has 6 nitrogen and oxygen atoms in total. The maximum absolute atomic E-state index is 9.61. The van der Waals surface area contributed by atoms with Gasteiger partial charge in [0.1, 0.15) is 23.4 Å². The first kappa shape index (κ1) is 20.6. The molecule has 31 heavy (non-hydrogen) atoms. The third-order valence-electron chi connectivity index (χ3n) is 5.66. The average molecular weight is 425 g/mol. The second-order valence-corrected chi connectivity index (χ2v) is 8.34. The molecular formula is C24H20N6S. The smallest absolute Gasteiger partial charge is 0.139 e. The minimum absolute atomic E-state index is 0.0203. The van der Waals surface area contributed by atoms with Crippen LogP contribution in [0.25, 0.3) is 38.4 Å². The van der Waals surface area contributed by atoms with Gasteiger partial charge in [0.15, 0.2) is 0 Å². The van der Waals surface area contributed by atoms with E-state index in [1.54, 1.807) is 0 Å². The number of H-pyrrole nitrogens is 1. The molecule has 1 aromatic heterocycles. The Balaban J connectivity index is 2.44. The summed E-state index contributed by atoms with van der Waals surface area (Å²) < 4.78 is 4.03. The van der Waals surface area contributed by atoms with Crippen molar-refractivity contribution in [1.82, 2.24) is 9.97 Å². The van der Waals surface area contributed by atoms with E-state index in [2.05, 4.69) is 9.35 Å². The van der Waals surface area contributed by atoms with Crippen LogP contribution < -0.4 is 10.6 Å². The van der Waals surface area contributed by atoms with Gasteiger partial charge in [-0.05, 0) is 17.2 Å². The second kappa shape index (κ2) is 7.54. The lowest BCUT2D eigenvalue weighted by Crippen LogP contribution is -2.16. The standard InChI is InChI=1S/C24H20N6S/c1-11(2)16-19(27)21(30-31)17(12(3)4)23-22(16)28-20-15-8-6-5-7-14(15)18(24(20)29-23)13(9-25)10-26/h5-8,11-12,27-28H,1-4H3. The Hall–Kier alpha value is -3.68. The van der Waals surface area contributed by atoms with Gasteiger partial charge in [0.05, 0.1) is 27.4 Å². The fourth-order valence-electron chi connectivity index (χ4n) is 4.39. The first-order valence-corrected chi connectivity index (χ1v) is 10.4. The molecule has 0 amide bonds. The lowest BCUT2D eigenvalue weighted by Gasteiger charge is -2.18. The largest absolute Gasteiger partial charge is 0.351 e. The highest BCUT2D eigenvalue weighted by molar-refractivity contribution is 7.47. The van der Waals surface area contributed by atoms with Crippen molar-refractivity contribution in [2.24, 2.45) is 4.36 Å². The van der Waals surface area contributed by atoms with E-state index in [0.29, 0.717) is 27.3 Å². The van der Waals surface area contributed by atoms with Gasteiger partial charge in [-0.1, -0.05) is 52.0 Å². The summed E-state index contributed by atoms with van der Waals surface area (Å²) >= 11 is 5.05. The second-order valence-electron chi connectivity index (χ2n) is 8.15. The summed E-state index contributed by atoms with van der Waals surface area (Å²) in [4.78, 5) is 8.52. The van der Waals surface area contributed by atoms with Gasteiger partial charge >= 0.3 is 0 Å². The zero-order valence-electron chi connectivity index (χ0n) is 17.7. The normalized spacial score (nSPS) is 11.4. The molecule has 152 valence electrons. The number of nitriles is 2. The maximum atomic E-state index is 9.61. The monoisotopic (exact) mass is 424 g/mol. The molecule has 0 aliphatic carbocycles. The molecule has 0 unspecified atom stereocenters. The van der Waals surface area contributed by atoms with Gasteiger partial charge in [-0.15, -0.1) is 0 Å². The van der Waals surface area contributed by atoms with Crippen LogP contribution in [-0.2, 0) is 12.4 Å². The summed E-state index contributed by atoms with van der Waals surface area (Å²) in [5.74, 6) is 0.0688. The lowest BCUT2D eigenvalue weighted by atomic mass is 9.91. The number of hydrogen-bond acceptors (Lipinski definition) is 6. The van der Waals surface area contributed by atoms with Crippen molar-refractivity contribution in [1.29, 1.82) is 15.9 Å². The summed E-state index contributed by atoms with van der Waals surface area (Å²) in [5.41, 5.74) is 4.85. The molecule has 0 bridgehead atoms. The van der Waals surface area contributed by atoms with Crippen LogP contribution in [0.15, 0.2) is 28.6 Å². The SMILES string of the molecule is CC(C)c1c(N=S)c(=N)c(C(C)C)c2[nH]c3c(nc12)c(=C(C#N)C#N)c1ccccc13. The van der Waals surface area contributed by atoms with Crippen molar-refractivity contribution < 1.29 is 0 Å². The predicted octanol–water partition coefficient (Wildman–Crippen LogP) is 4.87. The molecule has 3 aromatic carbocycles. The molecule has 0 aliphatic rings. The predicted molar refractivity (Wildman–Crippen MR) is 124 cm³/mol. The molecule has 0 aliphatic heterocycles. The fourth-order valence-corrected chi connectivity index (χ4v) is 4.58. The van der Waals surface area contributed by atoms with Crippen molar-refractivity contribution in [3.63, 3.8) is 0 Å². The van der Waals surface area contributed by atoms with Crippen LogP contribution >= 0.6 is 0 Å². The van der Waals surface area contributed by atoms with E-state index in [1.165, 1.54) is 0 Å². The third-order valence-corrected chi connectivity index (χ3v) is 5.84. The van der Waals surface area contributed by atoms with E-state index in [9.17, 15) is 10.5 Å². The third kappa shape index (κ3) is 2.90. The molecule has 1 heterocycles. The minimum atomic E-state index is 0.0203. The summed E-state index contributed by atoms with van der Waals surface area (Å²) in [7, 11) is 0. The molecule has 0 saturated carbocycles. The van der Waals surface area contributed by atoms with E-state index < -0.39 is 0 Å². The Bertz CT molecular complexity index is 1580. The Morgan fingerprint density at radius 1 is 1.00 bits per heavy atom. The Labute approximate surface area is 184 Å². The molecule has 7 heteroatoms. The van der Waals surface area contributed by atoms with E-state index >= 15 is 0 Å². The molecule has 0 atom stereocenters. The van der Waals surface area contributed by atoms with Gasteiger partial charge in [-0.25, -0.2) is 4.98 Å². The molecule has 0 spiro atoms. The topological polar surface area (TPSA) is 112 Å². The van der Waals surface area contributed by atoms with E-state index in [4.69, 9.17) is 22.8 Å². The van der Waals surface area contributed by atoms with E-state index in [1.807, 2.05) is 64.1 Å². The summed E-state index contributed by atoms with van der Waals surface area (Å²) in [6, 6.07) is 11.7. The van der Waals surface area contributed by atoms with Gasteiger partial charge in [0.2, 0.25) is 0 Å². The van der Waals surface area contributed by atoms with Crippen LogP contribution in [0.1, 0.15) is 50.7 Å². The Morgan fingerprint density at radius 3 is 2.16 bits per heavy atom. The van der Waals surface area contributed by atoms with Gasteiger partial charge in [0, 0.05) is 34.2 Å². The van der Waals surface area contributed by atoms with Gasteiger partial charge in [-0.3, -0.25) is 5.41 Å². The van der Waals surface area contributed by atoms with Gasteiger partial charge < -0.3 is 4.98 Å². The molecular weight excluding hydrogens is 404 g/mol. The highest BCUT2D eigenvalue weighted by Crippen LogP contribution is 2.35. The first-order chi connectivity index (χ1) is 14.8. The van der Waals surface area contributed by atoms with Crippen molar-refractivity contribution in [2.75, 3.05) is 0 Å². The van der Waals surface area contributed by atoms with Crippen LogP contribution in [0.4, 0.5) is 5.69 Å². The zero-order chi connectivity index (χ0) is 22.4. The maximum Gasteiger partial charge on any atom is 0.139 e. The van der Waals surface area contributed by atoms with E-state index in [0.717, 1.165) is 32.9 Å². The quantitative estimate of drug-likeness (QED) is 0.488. The van der Waals surface area contributed by atoms with Crippen LogP contribution in [0.3, 0.4) is 0 Å². The number of benzene rings is 2. The summed E-state index contributed by atoms with van der Waals surface area (Å²) in [6.45, 7) is 8.09. The number of hydrogen-bond donors (Lipinski definition) is 2. The van der Waals surface area contributed by atoms with Crippen molar-refractivity contribution in [3.8, 4) is 12.1 Å². The number of nitrogens with one attached hydrogen (secondary N) is 2. The van der Waals surface area contributed by atoms with Crippen LogP contribution in [-0.4, -0.2) is 9.97 Å². The van der Waals surface area contributed by atoms with Gasteiger partial charge in [0.25, 0.3) is 0 Å². The molecule has 2 N–H and O–H groups in total. The van der Waals surface area contributed by atoms with Crippen LogP contribution in [0.2, 0.25) is 0 Å². The summed E-state index contributed by atoms with van der Waals surface area (Å²) in [6.07, 6.45) is 0. The van der Waals surface area contributed by atoms with Crippen LogP contribution in [0, 0.1) is 28.1 Å². The Kier molecular flexibility index (Phi) is 5.00. The van der Waals surface area contributed by atoms with Crippen molar-refractivity contribution >= 4 is 56.5 Å². The first-order valence-electron chi connectivity index (χ1n) is 10.0. The Morgan fingerprint density at radius 2 is 1.61 bits per heavy atom. The number of rotatable bonds is 3. The van der Waals surface area contributed by atoms with Crippen molar-refractivity contribution in [2.45, 2.75) is 39.5 Å². The van der Waals surface area contributed by atoms with Crippen molar-refractivity contribution in [3.05, 3.63) is 46.0 Å². The molecule has 0 saturated heterocycles. The molecule has 0 radical (unpaired) electrons. The average Bonchev–Trinajstić information content (AvgIpc) is 3.05. The number of aromatic amines is 1. The van der Waals surface area contributed by atoms with E-state index in [-0.39, 0.29) is 17.4 Å². The number of fused-ring (bicyclic) bond motifs is 4. The molecule has 4 aromatic rings. The number of aromatic nitrogens is 2.